The highest BCUT2D eigenvalue weighted by molar-refractivity contribution is 7.88. The van der Waals surface area contributed by atoms with Crippen LogP contribution in [-0.2, 0) is 39.0 Å². The van der Waals surface area contributed by atoms with Crippen LogP contribution >= 0.6 is 0 Å². The molecular formula is C28H27F5N4O6S. The summed E-state index contributed by atoms with van der Waals surface area (Å²) in [5.41, 5.74) is -5.31. The van der Waals surface area contributed by atoms with Gasteiger partial charge < -0.3 is 18.6 Å². The first kappa shape index (κ1) is 31.4. The van der Waals surface area contributed by atoms with Gasteiger partial charge in [-0.05, 0) is 43.9 Å². The molecular weight excluding hydrogens is 615 g/mol. The van der Waals surface area contributed by atoms with Gasteiger partial charge in [0.2, 0.25) is 11.8 Å². The van der Waals surface area contributed by atoms with Crippen LogP contribution in [0.3, 0.4) is 0 Å². The first-order chi connectivity index (χ1) is 20.8. The third-order valence-corrected chi connectivity index (χ3v) is 8.42. The van der Waals surface area contributed by atoms with E-state index in [4.69, 9.17) is 9.47 Å². The normalized spacial score (nSPS) is 16.4. The van der Waals surface area contributed by atoms with Crippen LogP contribution < -0.4 is 8.92 Å². The van der Waals surface area contributed by atoms with Crippen LogP contribution in [0, 0.1) is 11.6 Å². The zero-order valence-corrected chi connectivity index (χ0v) is 24.4. The van der Waals surface area contributed by atoms with Crippen LogP contribution in [0.25, 0.3) is 22.5 Å². The molecule has 3 heterocycles. The second-order valence-corrected chi connectivity index (χ2v) is 11.7. The fourth-order valence-corrected chi connectivity index (χ4v) is 5.92. The van der Waals surface area contributed by atoms with Gasteiger partial charge in [0, 0.05) is 36.9 Å². The Morgan fingerprint density at radius 1 is 1.11 bits per heavy atom. The van der Waals surface area contributed by atoms with E-state index in [1.165, 1.54) is 18.1 Å². The largest absolute Gasteiger partial charge is 0.534 e. The van der Waals surface area contributed by atoms with E-state index in [1.807, 2.05) is 0 Å². The summed E-state index contributed by atoms with van der Waals surface area (Å²) in [5, 5.41) is 4.55. The van der Waals surface area contributed by atoms with E-state index in [2.05, 4.69) is 20.8 Å². The molecule has 16 heteroatoms. The number of hydrogen-bond donors (Lipinski definition) is 0. The van der Waals surface area contributed by atoms with Gasteiger partial charge in [0.25, 0.3) is 0 Å². The molecule has 1 aliphatic carbocycles. The van der Waals surface area contributed by atoms with Crippen LogP contribution in [0.5, 0.6) is 11.6 Å². The lowest BCUT2D eigenvalue weighted by atomic mass is 9.93. The van der Waals surface area contributed by atoms with Crippen molar-refractivity contribution in [3.8, 4) is 34.1 Å². The molecule has 0 bridgehead atoms. The predicted molar refractivity (Wildman–Crippen MR) is 146 cm³/mol. The third-order valence-electron chi connectivity index (χ3n) is 7.47. The summed E-state index contributed by atoms with van der Waals surface area (Å²) in [7, 11) is -4.71. The molecule has 10 nitrogen and oxygen atoms in total. The van der Waals surface area contributed by atoms with Crippen molar-refractivity contribution in [3.05, 3.63) is 59.3 Å². The van der Waals surface area contributed by atoms with Crippen LogP contribution in [0.15, 0.2) is 30.9 Å². The summed E-state index contributed by atoms with van der Waals surface area (Å²) in [6.45, 7) is 5.75. The molecule has 2 aliphatic rings. The maximum atomic E-state index is 15.7. The summed E-state index contributed by atoms with van der Waals surface area (Å²) < 4.78 is 111. The summed E-state index contributed by atoms with van der Waals surface area (Å²) in [5.74, 6) is -3.37. The Morgan fingerprint density at radius 2 is 1.84 bits per heavy atom. The van der Waals surface area contributed by atoms with E-state index in [9.17, 15) is 30.8 Å². The molecule has 5 rings (SSSR count). The standard InChI is InChI=1S/C28H27F5N4O6S/c1-4-23(38)36-8-9-37-21(15(36)2)14-20(35-37)26-24(25-19(30)12-16(29)13-22(25)42-11-10-41-3)17-6-5-7-18(17)27(34-26)43-44(39,40)28(31,32)33/h4,12-15H,1,5-11H2,2-3H3. The van der Waals surface area contributed by atoms with E-state index in [0.717, 1.165) is 12.1 Å². The molecule has 1 atom stereocenters. The molecule has 0 fully saturated rings. The number of halogens is 5. The van der Waals surface area contributed by atoms with E-state index in [1.54, 1.807) is 11.6 Å². The molecule has 0 spiro atoms. The van der Waals surface area contributed by atoms with Gasteiger partial charge in [-0.15, -0.1) is 0 Å². The highest BCUT2D eigenvalue weighted by Gasteiger charge is 2.49. The number of alkyl halides is 3. The lowest BCUT2D eigenvalue weighted by Crippen LogP contribution is -2.40. The third kappa shape index (κ3) is 5.63. The Bertz CT molecular complexity index is 1740. The number of benzene rings is 1. The minimum Gasteiger partial charge on any atom is -0.490 e. The maximum absolute atomic E-state index is 15.7. The van der Waals surface area contributed by atoms with Gasteiger partial charge in [-0.25, -0.2) is 13.8 Å². The topological polar surface area (TPSA) is 113 Å². The average Bonchev–Trinajstić information content (AvgIpc) is 3.61. The van der Waals surface area contributed by atoms with Crippen molar-refractivity contribution < 1.29 is 48.8 Å². The summed E-state index contributed by atoms with van der Waals surface area (Å²) >= 11 is 0. The molecule has 44 heavy (non-hydrogen) atoms. The Morgan fingerprint density at radius 3 is 2.52 bits per heavy atom. The number of hydrogen-bond acceptors (Lipinski definition) is 8. The van der Waals surface area contributed by atoms with Crippen molar-refractivity contribution in [1.82, 2.24) is 19.7 Å². The number of carbonyl (C=O) groups is 1. The number of nitrogens with zero attached hydrogens (tertiary/aromatic N) is 4. The van der Waals surface area contributed by atoms with Gasteiger partial charge in [0.1, 0.15) is 35.4 Å². The lowest BCUT2D eigenvalue weighted by Gasteiger charge is -2.33. The first-order valence-electron chi connectivity index (χ1n) is 13.5. The number of pyridine rings is 1. The fourth-order valence-electron chi connectivity index (χ4n) is 5.48. The Balaban J connectivity index is 1.78. The Labute approximate surface area is 249 Å². The number of aromatic nitrogens is 3. The molecule has 2 aromatic heterocycles. The SMILES string of the molecule is C=CC(=O)N1CCn2nc(-c3nc(OS(=O)(=O)C(F)(F)F)c4c(c3-c3c(F)cc(F)cc3OCCOC)CCC4)cc2C1C. The zero-order valence-electron chi connectivity index (χ0n) is 23.6. The molecule has 0 saturated carbocycles. The first-order valence-corrected chi connectivity index (χ1v) is 14.9. The van der Waals surface area contributed by atoms with E-state index in [-0.39, 0.29) is 84.4 Å². The minimum atomic E-state index is -6.12. The highest BCUT2D eigenvalue weighted by atomic mass is 32.2. The number of rotatable bonds is 9. The average molecular weight is 643 g/mol. The van der Waals surface area contributed by atoms with Crippen molar-refractivity contribution in [1.29, 1.82) is 0 Å². The minimum absolute atomic E-state index is 0.0308. The monoisotopic (exact) mass is 642 g/mol. The second kappa shape index (κ2) is 11.8. The molecule has 3 aromatic rings. The van der Waals surface area contributed by atoms with Gasteiger partial charge in [-0.3, -0.25) is 9.48 Å². The van der Waals surface area contributed by atoms with Gasteiger partial charge in [0.15, 0.2) is 0 Å². The molecule has 0 radical (unpaired) electrons. The summed E-state index contributed by atoms with van der Waals surface area (Å²) in [6, 6.07) is 2.60. The van der Waals surface area contributed by atoms with Gasteiger partial charge in [-0.1, -0.05) is 6.58 Å². The number of fused-ring (bicyclic) bond motifs is 2. The smallest absolute Gasteiger partial charge is 0.490 e. The van der Waals surface area contributed by atoms with Crippen molar-refractivity contribution >= 4 is 16.0 Å². The quantitative estimate of drug-likeness (QED) is 0.108. The molecule has 1 unspecified atom stereocenters. The predicted octanol–water partition coefficient (Wildman–Crippen LogP) is 4.72. The maximum Gasteiger partial charge on any atom is 0.534 e. The lowest BCUT2D eigenvalue weighted by molar-refractivity contribution is -0.129. The van der Waals surface area contributed by atoms with Crippen molar-refractivity contribution in [2.24, 2.45) is 0 Å². The van der Waals surface area contributed by atoms with Crippen molar-refractivity contribution in [2.75, 3.05) is 26.9 Å². The second-order valence-electron chi connectivity index (χ2n) is 10.1. The fraction of sp³-hybridized carbons (Fsp3) is 0.393. The van der Waals surface area contributed by atoms with Crippen molar-refractivity contribution in [2.45, 2.75) is 44.3 Å². The summed E-state index contributed by atoms with van der Waals surface area (Å²) in [6.07, 6.45) is 1.78. The highest BCUT2D eigenvalue weighted by Crippen LogP contribution is 2.47. The Hall–Kier alpha value is -4.05. The Kier molecular flexibility index (Phi) is 8.41. The zero-order chi connectivity index (χ0) is 32.0. The van der Waals surface area contributed by atoms with Gasteiger partial charge in [-0.2, -0.15) is 26.7 Å². The molecule has 0 saturated heterocycles. The van der Waals surface area contributed by atoms with Crippen LogP contribution in [0.1, 0.15) is 36.2 Å². The number of amides is 1. The number of ether oxygens (including phenoxy) is 2. The molecule has 0 N–H and O–H groups in total. The summed E-state index contributed by atoms with van der Waals surface area (Å²) in [4.78, 5) is 18.2. The van der Waals surface area contributed by atoms with Gasteiger partial charge in [0.05, 0.1) is 30.5 Å². The molecule has 236 valence electrons. The molecule has 1 aromatic carbocycles. The molecule has 1 aliphatic heterocycles. The van der Waals surface area contributed by atoms with Crippen LogP contribution in [0.2, 0.25) is 0 Å². The number of methoxy groups -OCH3 is 1. The number of carbonyl (C=O) groups excluding carboxylic acids is 1. The van der Waals surface area contributed by atoms with Crippen molar-refractivity contribution in [3.63, 3.8) is 0 Å². The van der Waals surface area contributed by atoms with Crippen LogP contribution in [0.4, 0.5) is 22.0 Å². The van der Waals surface area contributed by atoms with Crippen LogP contribution in [-0.4, -0.2) is 66.4 Å². The van der Waals surface area contributed by atoms with E-state index in [0.29, 0.717) is 18.2 Å². The van der Waals surface area contributed by atoms with Gasteiger partial charge >= 0.3 is 15.6 Å². The molecule has 1 amide bonds. The van der Waals surface area contributed by atoms with E-state index >= 15 is 4.39 Å². The van der Waals surface area contributed by atoms with E-state index < -0.39 is 39.2 Å².